The van der Waals surface area contributed by atoms with E-state index >= 15 is 0 Å². The fourth-order valence-electron chi connectivity index (χ4n) is 1.86. The molecule has 0 aliphatic rings. The summed E-state index contributed by atoms with van der Waals surface area (Å²) >= 11 is 0. The quantitative estimate of drug-likeness (QED) is 0.742. The van der Waals surface area contributed by atoms with Gasteiger partial charge in [0.05, 0.1) is 13.0 Å². The molecule has 106 valence electrons. The monoisotopic (exact) mass is 265 g/mol. The first-order chi connectivity index (χ1) is 8.95. The largest absolute Gasteiger partial charge is 0.496 e. The summed E-state index contributed by atoms with van der Waals surface area (Å²) < 4.78 is 5.38. The van der Waals surface area contributed by atoms with Crippen LogP contribution in [0.3, 0.4) is 0 Å². The lowest BCUT2D eigenvalue weighted by molar-refractivity contribution is -0.140. The van der Waals surface area contributed by atoms with Gasteiger partial charge in [0.15, 0.2) is 0 Å². The normalized spacial score (nSPS) is 12.2. The molecule has 0 aliphatic carbocycles. The van der Waals surface area contributed by atoms with Crippen molar-refractivity contribution in [3.05, 3.63) is 28.8 Å². The van der Waals surface area contributed by atoms with Crippen LogP contribution in [0.15, 0.2) is 12.1 Å². The van der Waals surface area contributed by atoms with Crippen molar-refractivity contribution in [2.75, 3.05) is 20.2 Å². The maximum absolute atomic E-state index is 10.7. The Hall–Kier alpha value is -1.55. The molecule has 0 heterocycles. The molecule has 1 atom stereocenters. The van der Waals surface area contributed by atoms with Gasteiger partial charge in [0, 0.05) is 6.54 Å². The van der Waals surface area contributed by atoms with Crippen LogP contribution in [0.25, 0.3) is 0 Å². The van der Waals surface area contributed by atoms with Crippen molar-refractivity contribution in [3.63, 3.8) is 0 Å². The number of benzene rings is 1. The molecule has 2 N–H and O–H groups in total. The SMILES string of the molecule is COc1cc(C)c(C)cc1CCNCC(C)C(=O)O. The number of aliphatic carboxylic acids is 1. The molecule has 0 radical (unpaired) electrons. The summed E-state index contributed by atoms with van der Waals surface area (Å²) in [4.78, 5) is 10.7. The van der Waals surface area contributed by atoms with E-state index in [1.165, 1.54) is 11.1 Å². The second-order valence-corrected chi connectivity index (χ2v) is 4.94. The standard InChI is InChI=1S/C15H23NO3/c1-10-7-13(14(19-4)8-11(10)2)5-6-16-9-12(3)15(17)18/h7-8,12,16H,5-6,9H2,1-4H3,(H,17,18). The van der Waals surface area contributed by atoms with Crippen molar-refractivity contribution in [2.45, 2.75) is 27.2 Å². The van der Waals surface area contributed by atoms with Gasteiger partial charge >= 0.3 is 5.97 Å². The number of nitrogens with one attached hydrogen (secondary N) is 1. The summed E-state index contributed by atoms with van der Waals surface area (Å²) in [6, 6.07) is 4.18. The maximum atomic E-state index is 10.7. The number of rotatable bonds is 7. The van der Waals surface area contributed by atoms with Gasteiger partial charge in [-0.1, -0.05) is 13.0 Å². The van der Waals surface area contributed by atoms with E-state index in [4.69, 9.17) is 9.84 Å². The van der Waals surface area contributed by atoms with Gasteiger partial charge in [0.1, 0.15) is 5.75 Å². The molecule has 19 heavy (non-hydrogen) atoms. The predicted molar refractivity (Wildman–Crippen MR) is 75.8 cm³/mol. The summed E-state index contributed by atoms with van der Waals surface area (Å²) in [7, 11) is 1.67. The number of carbonyl (C=O) groups is 1. The lowest BCUT2D eigenvalue weighted by Crippen LogP contribution is -2.27. The Labute approximate surface area is 114 Å². The zero-order valence-corrected chi connectivity index (χ0v) is 12.1. The third-order valence-corrected chi connectivity index (χ3v) is 3.34. The van der Waals surface area contributed by atoms with Crippen molar-refractivity contribution >= 4 is 5.97 Å². The number of carboxylic acid groups (broad SMARTS) is 1. The van der Waals surface area contributed by atoms with Crippen molar-refractivity contribution in [1.29, 1.82) is 0 Å². The van der Waals surface area contributed by atoms with Gasteiger partial charge in [-0.3, -0.25) is 4.79 Å². The fraction of sp³-hybridized carbons (Fsp3) is 0.533. The third-order valence-electron chi connectivity index (χ3n) is 3.34. The molecule has 0 amide bonds. The lowest BCUT2D eigenvalue weighted by atomic mass is 10.0. The molecule has 1 unspecified atom stereocenters. The van der Waals surface area contributed by atoms with E-state index in [-0.39, 0.29) is 5.92 Å². The van der Waals surface area contributed by atoms with E-state index in [1.54, 1.807) is 14.0 Å². The molecular formula is C15H23NO3. The molecule has 1 aromatic carbocycles. The summed E-state index contributed by atoms with van der Waals surface area (Å²) in [5, 5.41) is 12.0. The smallest absolute Gasteiger partial charge is 0.307 e. The summed E-state index contributed by atoms with van der Waals surface area (Å²) in [5.74, 6) is -0.228. The number of hydrogen-bond acceptors (Lipinski definition) is 3. The van der Waals surface area contributed by atoms with Crippen LogP contribution in [0.5, 0.6) is 5.75 Å². The molecule has 4 heteroatoms. The Morgan fingerprint density at radius 2 is 2.00 bits per heavy atom. The average molecular weight is 265 g/mol. The first-order valence-electron chi connectivity index (χ1n) is 6.53. The zero-order valence-electron chi connectivity index (χ0n) is 12.1. The van der Waals surface area contributed by atoms with E-state index in [0.29, 0.717) is 6.54 Å². The van der Waals surface area contributed by atoms with Crippen LogP contribution in [0.4, 0.5) is 0 Å². The van der Waals surface area contributed by atoms with E-state index < -0.39 is 5.97 Å². The highest BCUT2D eigenvalue weighted by Gasteiger charge is 2.10. The topological polar surface area (TPSA) is 58.6 Å². The van der Waals surface area contributed by atoms with Gasteiger partial charge < -0.3 is 15.2 Å². The summed E-state index contributed by atoms with van der Waals surface area (Å²) in [6.45, 7) is 7.08. The van der Waals surface area contributed by atoms with E-state index in [2.05, 4.69) is 25.2 Å². The third kappa shape index (κ3) is 4.56. The van der Waals surface area contributed by atoms with Gasteiger partial charge in [0.2, 0.25) is 0 Å². The second-order valence-electron chi connectivity index (χ2n) is 4.94. The Morgan fingerprint density at radius 1 is 1.37 bits per heavy atom. The van der Waals surface area contributed by atoms with Crippen LogP contribution < -0.4 is 10.1 Å². The highest BCUT2D eigenvalue weighted by molar-refractivity contribution is 5.69. The minimum atomic E-state index is -0.767. The van der Waals surface area contributed by atoms with Gasteiger partial charge in [-0.2, -0.15) is 0 Å². The van der Waals surface area contributed by atoms with Crippen LogP contribution in [0, 0.1) is 19.8 Å². The van der Waals surface area contributed by atoms with Crippen molar-refractivity contribution in [2.24, 2.45) is 5.92 Å². The highest BCUT2D eigenvalue weighted by Crippen LogP contribution is 2.23. The molecule has 0 spiro atoms. The summed E-state index contributed by atoms with van der Waals surface area (Å²) in [5.41, 5.74) is 3.61. The fourth-order valence-corrected chi connectivity index (χ4v) is 1.86. The Morgan fingerprint density at radius 3 is 2.58 bits per heavy atom. The summed E-state index contributed by atoms with van der Waals surface area (Å²) in [6.07, 6.45) is 0.830. The van der Waals surface area contributed by atoms with Crippen molar-refractivity contribution in [3.8, 4) is 5.75 Å². The Balaban J connectivity index is 2.53. The number of carboxylic acids is 1. The maximum Gasteiger partial charge on any atom is 0.307 e. The van der Waals surface area contributed by atoms with E-state index in [1.807, 2.05) is 6.07 Å². The molecule has 0 saturated heterocycles. The molecular weight excluding hydrogens is 242 g/mol. The Kier molecular flexibility index (Phi) is 5.83. The molecule has 0 aromatic heterocycles. The Bertz CT molecular complexity index is 443. The van der Waals surface area contributed by atoms with Crippen LogP contribution in [-0.2, 0) is 11.2 Å². The van der Waals surface area contributed by atoms with Gasteiger partial charge in [-0.05, 0) is 49.6 Å². The zero-order chi connectivity index (χ0) is 14.4. The van der Waals surface area contributed by atoms with Crippen molar-refractivity contribution < 1.29 is 14.6 Å². The molecule has 0 bridgehead atoms. The number of hydrogen-bond donors (Lipinski definition) is 2. The minimum Gasteiger partial charge on any atom is -0.496 e. The molecule has 0 aliphatic heterocycles. The molecule has 0 fully saturated rings. The van der Waals surface area contributed by atoms with Crippen LogP contribution in [0.2, 0.25) is 0 Å². The highest BCUT2D eigenvalue weighted by atomic mass is 16.5. The average Bonchev–Trinajstić information content (AvgIpc) is 2.37. The minimum absolute atomic E-state index is 0.360. The first-order valence-corrected chi connectivity index (χ1v) is 6.53. The van der Waals surface area contributed by atoms with Crippen LogP contribution >= 0.6 is 0 Å². The molecule has 1 aromatic rings. The van der Waals surface area contributed by atoms with E-state index in [9.17, 15) is 4.79 Å². The molecule has 4 nitrogen and oxygen atoms in total. The number of aryl methyl sites for hydroxylation is 2. The predicted octanol–water partition coefficient (Wildman–Crippen LogP) is 2.16. The van der Waals surface area contributed by atoms with Gasteiger partial charge in [-0.15, -0.1) is 0 Å². The first kappa shape index (κ1) is 15.5. The molecule has 0 saturated carbocycles. The lowest BCUT2D eigenvalue weighted by Gasteiger charge is -2.13. The van der Waals surface area contributed by atoms with Gasteiger partial charge in [-0.25, -0.2) is 0 Å². The van der Waals surface area contributed by atoms with Crippen molar-refractivity contribution in [1.82, 2.24) is 5.32 Å². The second kappa shape index (κ2) is 7.14. The number of methoxy groups -OCH3 is 1. The molecule has 1 rings (SSSR count). The van der Waals surface area contributed by atoms with Crippen LogP contribution in [-0.4, -0.2) is 31.3 Å². The van der Waals surface area contributed by atoms with Gasteiger partial charge in [0.25, 0.3) is 0 Å². The number of ether oxygens (including phenoxy) is 1. The van der Waals surface area contributed by atoms with Crippen LogP contribution in [0.1, 0.15) is 23.6 Å². The van der Waals surface area contributed by atoms with E-state index in [0.717, 1.165) is 24.3 Å².